The van der Waals surface area contributed by atoms with E-state index in [1.165, 1.54) is 30.3 Å². The van der Waals surface area contributed by atoms with E-state index in [0.29, 0.717) is 11.3 Å². The van der Waals surface area contributed by atoms with Crippen molar-refractivity contribution in [3.63, 3.8) is 0 Å². The summed E-state index contributed by atoms with van der Waals surface area (Å²) in [6.45, 7) is 3.64. The normalized spacial score (nSPS) is 11.6. The van der Waals surface area contributed by atoms with Gasteiger partial charge in [-0.15, -0.1) is 0 Å². The first kappa shape index (κ1) is 20.9. The maximum absolute atomic E-state index is 13.1. The molecule has 0 saturated carbocycles. The Bertz CT molecular complexity index is 853. The minimum absolute atomic E-state index is 0.0426. The van der Waals surface area contributed by atoms with E-state index in [1.54, 1.807) is 18.2 Å². The van der Waals surface area contributed by atoms with Crippen molar-refractivity contribution in [2.24, 2.45) is 0 Å². The summed E-state index contributed by atoms with van der Waals surface area (Å²) in [5.74, 6) is -2.07. The molecule has 28 heavy (non-hydrogen) atoms. The van der Waals surface area contributed by atoms with Crippen LogP contribution in [0.4, 0.5) is 14.9 Å². The lowest BCUT2D eigenvalue weighted by molar-refractivity contribution is -0.137. The molecule has 0 bridgehead atoms. The molecular formula is C20H22FN3O4. The number of anilines is 1. The van der Waals surface area contributed by atoms with E-state index in [9.17, 15) is 18.8 Å². The van der Waals surface area contributed by atoms with Crippen LogP contribution in [0.3, 0.4) is 0 Å². The summed E-state index contributed by atoms with van der Waals surface area (Å²) in [4.78, 5) is 35.5. The highest BCUT2D eigenvalue weighted by molar-refractivity contribution is 5.97. The number of benzene rings is 2. The number of urea groups is 1. The number of hydrogen-bond donors (Lipinski definition) is 4. The second-order valence-corrected chi connectivity index (χ2v) is 6.51. The van der Waals surface area contributed by atoms with Gasteiger partial charge in [0.1, 0.15) is 5.82 Å². The number of hydrogen-bond acceptors (Lipinski definition) is 3. The molecule has 3 amide bonds. The molecule has 1 atom stereocenters. The molecule has 7 nitrogen and oxygen atoms in total. The van der Waals surface area contributed by atoms with Gasteiger partial charge in [0.25, 0.3) is 5.91 Å². The molecule has 1 unspecified atom stereocenters. The first-order chi connectivity index (χ1) is 13.2. The van der Waals surface area contributed by atoms with E-state index in [0.717, 1.165) is 0 Å². The number of nitrogens with one attached hydrogen (secondary N) is 3. The predicted molar refractivity (Wildman–Crippen MR) is 103 cm³/mol. The summed E-state index contributed by atoms with van der Waals surface area (Å²) in [6, 6.07) is 10.3. The molecule has 0 aromatic heterocycles. The average Bonchev–Trinajstić information content (AvgIpc) is 2.60. The van der Waals surface area contributed by atoms with Gasteiger partial charge in [-0.2, -0.15) is 0 Å². The Morgan fingerprint density at radius 1 is 1.04 bits per heavy atom. The Hall–Kier alpha value is -3.42. The maximum atomic E-state index is 13.1. The van der Waals surface area contributed by atoms with Crippen molar-refractivity contribution < 1.29 is 23.9 Å². The highest BCUT2D eigenvalue weighted by atomic mass is 19.1. The Morgan fingerprint density at radius 2 is 1.71 bits per heavy atom. The first-order valence-electron chi connectivity index (χ1n) is 8.70. The van der Waals surface area contributed by atoms with Gasteiger partial charge in [0, 0.05) is 17.3 Å². The topological polar surface area (TPSA) is 108 Å². The van der Waals surface area contributed by atoms with Crippen LogP contribution in [-0.4, -0.2) is 29.1 Å². The molecule has 0 aliphatic carbocycles. The highest BCUT2D eigenvalue weighted by Crippen LogP contribution is 2.19. The number of rotatable bonds is 7. The van der Waals surface area contributed by atoms with E-state index >= 15 is 0 Å². The lowest BCUT2D eigenvalue weighted by atomic mass is 10.0. The lowest BCUT2D eigenvalue weighted by Gasteiger charge is -2.18. The van der Waals surface area contributed by atoms with E-state index < -0.39 is 29.8 Å². The second kappa shape index (κ2) is 9.50. The number of amides is 3. The number of aliphatic carboxylic acids is 1. The van der Waals surface area contributed by atoms with Gasteiger partial charge in [0.05, 0.1) is 12.5 Å². The molecule has 0 saturated heterocycles. The minimum atomic E-state index is -1.10. The monoisotopic (exact) mass is 387 g/mol. The van der Waals surface area contributed by atoms with Crippen molar-refractivity contribution >= 4 is 23.6 Å². The molecule has 0 aliphatic rings. The Kier molecular flexibility index (Phi) is 7.08. The molecular weight excluding hydrogens is 365 g/mol. The molecule has 0 heterocycles. The Labute approximate surface area is 162 Å². The van der Waals surface area contributed by atoms with Crippen LogP contribution in [0, 0.1) is 5.82 Å². The third-order valence-corrected chi connectivity index (χ3v) is 3.76. The zero-order valence-corrected chi connectivity index (χ0v) is 15.5. The SMILES string of the molecule is CC(C)NC(=O)Nc1cccc(C(=O)NC(CC(=O)O)c2ccc(F)cc2)c1. The number of halogens is 1. The quantitative estimate of drug-likeness (QED) is 0.585. The summed E-state index contributed by atoms with van der Waals surface area (Å²) in [5, 5.41) is 17.1. The van der Waals surface area contributed by atoms with Gasteiger partial charge < -0.3 is 21.1 Å². The maximum Gasteiger partial charge on any atom is 0.319 e. The average molecular weight is 387 g/mol. The van der Waals surface area contributed by atoms with Gasteiger partial charge >= 0.3 is 12.0 Å². The van der Waals surface area contributed by atoms with Crippen LogP contribution in [0.25, 0.3) is 0 Å². The van der Waals surface area contributed by atoms with Crippen LogP contribution < -0.4 is 16.0 Å². The lowest BCUT2D eigenvalue weighted by Crippen LogP contribution is -2.34. The van der Waals surface area contributed by atoms with Crippen molar-refractivity contribution in [3.05, 3.63) is 65.5 Å². The largest absolute Gasteiger partial charge is 0.481 e. The van der Waals surface area contributed by atoms with E-state index in [4.69, 9.17) is 5.11 Å². The molecule has 0 aliphatic heterocycles. The Balaban J connectivity index is 2.14. The molecule has 148 valence electrons. The van der Waals surface area contributed by atoms with Gasteiger partial charge in [0.15, 0.2) is 0 Å². The van der Waals surface area contributed by atoms with Gasteiger partial charge in [0.2, 0.25) is 0 Å². The van der Waals surface area contributed by atoms with Crippen molar-refractivity contribution in [1.29, 1.82) is 0 Å². The van der Waals surface area contributed by atoms with Crippen LogP contribution in [0.2, 0.25) is 0 Å². The van der Waals surface area contributed by atoms with Gasteiger partial charge in [-0.25, -0.2) is 9.18 Å². The van der Waals surface area contributed by atoms with Crippen molar-refractivity contribution in [2.75, 3.05) is 5.32 Å². The third kappa shape index (κ3) is 6.39. The van der Waals surface area contributed by atoms with E-state index in [1.807, 2.05) is 13.8 Å². The summed E-state index contributed by atoms with van der Waals surface area (Å²) in [6.07, 6.45) is -0.355. The highest BCUT2D eigenvalue weighted by Gasteiger charge is 2.19. The molecule has 2 rings (SSSR count). The van der Waals surface area contributed by atoms with Crippen LogP contribution in [0.1, 0.15) is 42.2 Å². The van der Waals surface area contributed by atoms with E-state index in [2.05, 4.69) is 16.0 Å². The van der Waals surface area contributed by atoms with Gasteiger partial charge in [-0.1, -0.05) is 18.2 Å². The van der Waals surface area contributed by atoms with Crippen molar-refractivity contribution in [1.82, 2.24) is 10.6 Å². The Morgan fingerprint density at radius 3 is 2.32 bits per heavy atom. The fourth-order valence-electron chi connectivity index (χ4n) is 2.53. The van der Waals surface area contributed by atoms with E-state index in [-0.39, 0.29) is 18.0 Å². The fourth-order valence-corrected chi connectivity index (χ4v) is 2.53. The molecule has 2 aromatic rings. The number of carboxylic acids is 1. The van der Waals surface area contributed by atoms with Gasteiger partial charge in [-0.05, 0) is 49.7 Å². The molecule has 0 fully saturated rings. The van der Waals surface area contributed by atoms with Crippen molar-refractivity contribution in [3.8, 4) is 0 Å². The van der Waals surface area contributed by atoms with Crippen LogP contribution in [0.5, 0.6) is 0 Å². The number of carbonyl (C=O) groups is 3. The summed E-state index contributed by atoms with van der Waals surface area (Å²) in [5.41, 5.74) is 1.14. The summed E-state index contributed by atoms with van der Waals surface area (Å²) >= 11 is 0. The summed E-state index contributed by atoms with van der Waals surface area (Å²) in [7, 11) is 0. The first-order valence-corrected chi connectivity index (χ1v) is 8.70. The zero-order valence-electron chi connectivity index (χ0n) is 15.5. The minimum Gasteiger partial charge on any atom is -0.481 e. The molecule has 2 aromatic carbocycles. The third-order valence-electron chi connectivity index (χ3n) is 3.76. The molecule has 0 spiro atoms. The smallest absolute Gasteiger partial charge is 0.319 e. The summed E-state index contributed by atoms with van der Waals surface area (Å²) < 4.78 is 13.1. The molecule has 8 heteroatoms. The standard InChI is InChI=1S/C20H22FN3O4/c1-12(2)22-20(28)23-16-5-3-4-14(10-16)19(27)24-17(11-18(25)26)13-6-8-15(21)9-7-13/h3-10,12,17H,11H2,1-2H3,(H,24,27)(H,25,26)(H2,22,23,28). The fraction of sp³-hybridized carbons (Fsp3) is 0.250. The van der Waals surface area contributed by atoms with Crippen LogP contribution in [0.15, 0.2) is 48.5 Å². The molecule has 0 radical (unpaired) electrons. The number of carboxylic acid groups (broad SMARTS) is 1. The predicted octanol–water partition coefficient (Wildman–Crippen LogP) is 3.30. The molecule has 4 N–H and O–H groups in total. The zero-order chi connectivity index (χ0) is 20.7. The van der Waals surface area contributed by atoms with Crippen molar-refractivity contribution in [2.45, 2.75) is 32.4 Å². The van der Waals surface area contributed by atoms with Crippen LogP contribution >= 0.6 is 0 Å². The van der Waals surface area contributed by atoms with Gasteiger partial charge in [-0.3, -0.25) is 9.59 Å². The second-order valence-electron chi connectivity index (χ2n) is 6.51. The van der Waals surface area contributed by atoms with Crippen LogP contribution in [-0.2, 0) is 4.79 Å². The number of carbonyl (C=O) groups excluding carboxylic acids is 2.